The molecule has 0 radical (unpaired) electrons. The van der Waals surface area contributed by atoms with E-state index in [1.807, 2.05) is 18.2 Å². The first-order valence-electron chi connectivity index (χ1n) is 12.3. The van der Waals surface area contributed by atoms with Crippen molar-refractivity contribution in [2.45, 2.75) is 82.8 Å². The molecule has 3 heteroatoms. The van der Waals surface area contributed by atoms with E-state index in [1.165, 1.54) is 69.8 Å². The van der Waals surface area contributed by atoms with Gasteiger partial charge in [-0.25, -0.2) is 0 Å². The van der Waals surface area contributed by atoms with Crippen molar-refractivity contribution in [3.63, 3.8) is 0 Å². The number of unbranched alkanes of at least 4 members (excludes halogenated alkanes) is 1. The SMILES string of the molecule is C=CCCC[C@H]1CO[C@H]([C@H]2CC[C@H]([C@H]3CC[C@H](c4ccc(Cl)cc4)CC3)CC2)OC1. The van der Waals surface area contributed by atoms with Crippen molar-refractivity contribution >= 4 is 11.6 Å². The molecule has 0 unspecified atom stereocenters. The Morgan fingerprint density at radius 2 is 1.40 bits per heavy atom. The Balaban J connectivity index is 1.16. The van der Waals surface area contributed by atoms with E-state index in [0.29, 0.717) is 11.8 Å². The van der Waals surface area contributed by atoms with Gasteiger partial charge in [0.2, 0.25) is 0 Å². The Morgan fingerprint density at radius 3 is 2.00 bits per heavy atom. The molecule has 4 rings (SSSR count). The zero-order valence-corrected chi connectivity index (χ0v) is 19.2. The first-order valence-corrected chi connectivity index (χ1v) is 12.7. The third-order valence-corrected chi connectivity index (χ3v) is 8.25. The maximum atomic E-state index is 6.16. The smallest absolute Gasteiger partial charge is 0.160 e. The summed E-state index contributed by atoms with van der Waals surface area (Å²) in [5.41, 5.74) is 1.48. The van der Waals surface area contributed by atoms with Gasteiger partial charge in [0.15, 0.2) is 6.29 Å². The van der Waals surface area contributed by atoms with Gasteiger partial charge < -0.3 is 9.47 Å². The molecule has 0 atom stereocenters. The van der Waals surface area contributed by atoms with Crippen LogP contribution < -0.4 is 0 Å². The molecule has 0 aromatic heterocycles. The van der Waals surface area contributed by atoms with E-state index in [4.69, 9.17) is 21.1 Å². The van der Waals surface area contributed by atoms with Gasteiger partial charge in [-0.1, -0.05) is 29.8 Å². The number of halogens is 1. The molecule has 3 fully saturated rings. The third-order valence-electron chi connectivity index (χ3n) is 7.99. The summed E-state index contributed by atoms with van der Waals surface area (Å²) >= 11 is 6.05. The highest BCUT2D eigenvalue weighted by molar-refractivity contribution is 6.30. The lowest BCUT2D eigenvalue weighted by Gasteiger charge is -2.41. The molecule has 0 amide bonds. The second-order valence-corrected chi connectivity index (χ2v) is 10.4. The Hall–Kier alpha value is -0.830. The van der Waals surface area contributed by atoms with Gasteiger partial charge in [-0.15, -0.1) is 6.58 Å². The number of rotatable bonds is 7. The minimum absolute atomic E-state index is 0.0576. The molecule has 3 aliphatic rings. The summed E-state index contributed by atoms with van der Waals surface area (Å²) in [6, 6.07) is 8.55. The largest absolute Gasteiger partial charge is 0.352 e. The van der Waals surface area contributed by atoms with Crippen molar-refractivity contribution in [1.82, 2.24) is 0 Å². The fraction of sp³-hybridized carbons (Fsp3) is 0.704. The van der Waals surface area contributed by atoms with Crippen molar-refractivity contribution in [2.75, 3.05) is 13.2 Å². The van der Waals surface area contributed by atoms with E-state index in [1.54, 1.807) is 0 Å². The molecule has 0 bridgehead atoms. The highest BCUT2D eigenvalue weighted by atomic mass is 35.5. The van der Waals surface area contributed by atoms with Crippen LogP contribution in [0.3, 0.4) is 0 Å². The molecule has 1 heterocycles. The molecule has 0 spiro atoms. The van der Waals surface area contributed by atoms with E-state index in [-0.39, 0.29) is 6.29 Å². The van der Waals surface area contributed by atoms with Crippen LogP contribution >= 0.6 is 11.6 Å². The van der Waals surface area contributed by atoms with Gasteiger partial charge in [0.1, 0.15) is 0 Å². The minimum Gasteiger partial charge on any atom is -0.352 e. The fourth-order valence-corrected chi connectivity index (χ4v) is 6.22. The minimum atomic E-state index is 0.0576. The Bertz CT molecular complexity index is 633. The summed E-state index contributed by atoms with van der Waals surface area (Å²) in [6.07, 6.45) is 16.4. The van der Waals surface area contributed by atoms with Crippen LogP contribution in [0.25, 0.3) is 0 Å². The summed E-state index contributed by atoms with van der Waals surface area (Å²) in [5, 5.41) is 0.846. The van der Waals surface area contributed by atoms with Crippen molar-refractivity contribution in [3.05, 3.63) is 47.5 Å². The van der Waals surface area contributed by atoms with Crippen LogP contribution in [-0.2, 0) is 9.47 Å². The van der Waals surface area contributed by atoms with Gasteiger partial charge in [-0.2, -0.15) is 0 Å². The molecule has 30 heavy (non-hydrogen) atoms. The average Bonchev–Trinajstić information content (AvgIpc) is 2.81. The highest BCUT2D eigenvalue weighted by Gasteiger charge is 2.35. The number of benzene rings is 1. The Morgan fingerprint density at radius 1 is 0.833 bits per heavy atom. The summed E-state index contributed by atoms with van der Waals surface area (Å²) < 4.78 is 12.3. The van der Waals surface area contributed by atoms with Crippen LogP contribution in [0.1, 0.15) is 82.1 Å². The van der Waals surface area contributed by atoms with Crippen LogP contribution in [0.5, 0.6) is 0 Å². The van der Waals surface area contributed by atoms with Crippen LogP contribution in [0.2, 0.25) is 5.02 Å². The summed E-state index contributed by atoms with van der Waals surface area (Å²) in [7, 11) is 0. The number of hydrogen-bond acceptors (Lipinski definition) is 2. The maximum absolute atomic E-state index is 6.16. The van der Waals surface area contributed by atoms with Crippen LogP contribution in [0.4, 0.5) is 0 Å². The maximum Gasteiger partial charge on any atom is 0.160 e. The lowest BCUT2D eigenvalue weighted by atomic mass is 9.68. The molecule has 0 N–H and O–H groups in total. The quantitative estimate of drug-likeness (QED) is 0.325. The topological polar surface area (TPSA) is 18.5 Å². The van der Waals surface area contributed by atoms with E-state index in [9.17, 15) is 0 Å². The Kier molecular flexibility index (Phi) is 8.32. The number of ether oxygens (including phenoxy) is 2. The molecule has 2 saturated carbocycles. The zero-order valence-electron chi connectivity index (χ0n) is 18.4. The van der Waals surface area contributed by atoms with Crippen molar-refractivity contribution in [3.8, 4) is 0 Å². The Labute approximate surface area is 188 Å². The summed E-state index contributed by atoms with van der Waals surface area (Å²) in [6.45, 7) is 5.58. The fourth-order valence-electron chi connectivity index (χ4n) is 6.10. The number of allylic oxidation sites excluding steroid dienone is 1. The molecule has 1 aliphatic heterocycles. The van der Waals surface area contributed by atoms with Crippen LogP contribution in [0.15, 0.2) is 36.9 Å². The summed E-state index contributed by atoms with van der Waals surface area (Å²) in [5.74, 6) is 3.77. The predicted molar refractivity (Wildman–Crippen MR) is 125 cm³/mol. The lowest BCUT2D eigenvalue weighted by Crippen LogP contribution is -2.39. The molecular weight excluding hydrogens is 392 g/mol. The molecule has 1 saturated heterocycles. The first kappa shape index (κ1) is 22.4. The predicted octanol–water partition coefficient (Wildman–Crippen LogP) is 7.77. The normalized spacial score (nSPS) is 35.1. The monoisotopic (exact) mass is 430 g/mol. The van der Waals surface area contributed by atoms with Gasteiger partial charge in [0.05, 0.1) is 13.2 Å². The second-order valence-electron chi connectivity index (χ2n) is 9.96. The molecular formula is C27H39ClO2. The standard InChI is InChI=1S/C27H39ClO2/c1-2-3-4-5-20-18-29-27(30-19-20)25-12-10-23(11-13-25)21-6-8-22(9-7-21)24-14-16-26(28)17-15-24/h2,14-17,20-23,25,27H,1,3-13,18-19H2/t20-,21-,22-,23-,25-,27-. The molecule has 2 nitrogen and oxygen atoms in total. The van der Waals surface area contributed by atoms with Gasteiger partial charge >= 0.3 is 0 Å². The van der Waals surface area contributed by atoms with Crippen LogP contribution in [-0.4, -0.2) is 19.5 Å². The summed E-state index contributed by atoms with van der Waals surface area (Å²) in [4.78, 5) is 0. The first-order chi connectivity index (χ1) is 14.7. The molecule has 2 aliphatic carbocycles. The van der Waals surface area contributed by atoms with Crippen molar-refractivity contribution < 1.29 is 9.47 Å². The van der Waals surface area contributed by atoms with E-state index >= 15 is 0 Å². The van der Waals surface area contributed by atoms with E-state index < -0.39 is 0 Å². The number of hydrogen-bond donors (Lipinski definition) is 0. The molecule has 1 aromatic rings. The average molecular weight is 431 g/mol. The highest BCUT2D eigenvalue weighted by Crippen LogP contribution is 2.45. The molecule has 166 valence electrons. The van der Waals surface area contributed by atoms with E-state index in [0.717, 1.165) is 42.4 Å². The van der Waals surface area contributed by atoms with E-state index in [2.05, 4.69) is 18.7 Å². The van der Waals surface area contributed by atoms with Crippen LogP contribution in [0, 0.1) is 23.7 Å². The van der Waals surface area contributed by atoms with Crippen molar-refractivity contribution in [2.24, 2.45) is 23.7 Å². The van der Waals surface area contributed by atoms with Gasteiger partial charge in [-0.3, -0.25) is 0 Å². The van der Waals surface area contributed by atoms with Gasteiger partial charge in [0.25, 0.3) is 0 Å². The van der Waals surface area contributed by atoms with Gasteiger partial charge in [0, 0.05) is 16.9 Å². The lowest BCUT2D eigenvalue weighted by molar-refractivity contribution is -0.230. The van der Waals surface area contributed by atoms with Gasteiger partial charge in [-0.05, 0) is 106 Å². The second kappa shape index (κ2) is 11.2. The third kappa shape index (κ3) is 5.90. The molecule has 1 aromatic carbocycles. The van der Waals surface area contributed by atoms with Crippen molar-refractivity contribution in [1.29, 1.82) is 0 Å². The zero-order chi connectivity index (χ0) is 20.8.